The van der Waals surface area contributed by atoms with E-state index in [1.54, 1.807) is 42.9 Å². The van der Waals surface area contributed by atoms with Crippen LogP contribution in [0.1, 0.15) is 15.9 Å². The topological polar surface area (TPSA) is 85.1 Å². The first-order valence-electron chi connectivity index (χ1n) is 6.11. The van der Waals surface area contributed by atoms with Gasteiger partial charge in [0.05, 0.1) is 9.82 Å². The van der Waals surface area contributed by atoms with E-state index in [0.29, 0.717) is 11.4 Å². The van der Waals surface area contributed by atoms with Crippen LogP contribution in [0.25, 0.3) is 0 Å². The molecule has 0 unspecified atom stereocenters. The van der Waals surface area contributed by atoms with Crippen LogP contribution < -0.4 is 5.32 Å². The first-order valence-corrected chi connectivity index (χ1v) is 7.34. The highest BCUT2D eigenvalue weighted by molar-refractivity contribution is 7.98. The summed E-state index contributed by atoms with van der Waals surface area (Å²) in [5.74, 6) is -0.345. The smallest absolute Gasteiger partial charge is 0.283 e. The van der Waals surface area contributed by atoms with Crippen molar-refractivity contribution in [2.45, 2.75) is 11.4 Å². The third kappa shape index (κ3) is 3.79. The van der Waals surface area contributed by atoms with Crippen molar-refractivity contribution in [3.05, 3.63) is 64.0 Å². The summed E-state index contributed by atoms with van der Waals surface area (Å²) in [6, 6.07) is 8.05. The second kappa shape index (κ2) is 6.85. The lowest BCUT2D eigenvalue weighted by molar-refractivity contribution is -0.387. The molecular weight excluding hydrogens is 290 g/mol. The third-order valence-corrected chi connectivity index (χ3v) is 3.63. The van der Waals surface area contributed by atoms with Gasteiger partial charge in [-0.25, -0.2) is 0 Å². The van der Waals surface area contributed by atoms with Crippen molar-refractivity contribution < 1.29 is 9.72 Å². The van der Waals surface area contributed by atoms with Crippen molar-refractivity contribution in [1.82, 2.24) is 10.3 Å². The molecule has 0 aliphatic heterocycles. The van der Waals surface area contributed by atoms with E-state index in [9.17, 15) is 14.9 Å². The average molecular weight is 303 g/mol. The van der Waals surface area contributed by atoms with Gasteiger partial charge in [0.25, 0.3) is 11.6 Å². The maximum absolute atomic E-state index is 12.0. The Morgan fingerprint density at radius 3 is 2.67 bits per heavy atom. The van der Waals surface area contributed by atoms with Crippen molar-refractivity contribution in [2.75, 3.05) is 6.26 Å². The fraction of sp³-hybridized carbons (Fsp3) is 0.143. The number of carbonyl (C=O) groups excluding carboxylic acids is 1. The Morgan fingerprint density at radius 2 is 2.05 bits per heavy atom. The maximum Gasteiger partial charge on any atom is 0.283 e. The molecule has 0 fully saturated rings. The molecule has 1 aromatic heterocycles. The van der Waals surface area contributed by atoms with E-state index in [4.69, 9.17) is 0 Å². The summed E-state index contributed by atoms with van der Waals surface area (Å²) < 4.78 is 0. The summed E-state index contributed by atoms with van der Waals surface area (Å²) in [5.41, 5.74) is 1.13. The first kappa shape index (κ1) is 15.0. The van der Waals surface area contributed by atoms with Crippen LogP contribution in [0, 0.1) is 10.1 Å². The zero-order valence-electron chi connectivity index (χ0n) is 11.3. The molecule has 21 heavy (non-hydrogen) atoms. The number of amides is 1. The van der Waals surface area contributed by atoms with E-state index in [-0.39, 0.29) is 17.2 Å². The van der Waals surface area contributed by atoms with Crippen LogP contribution in [-0.2, 0) is 6.54 Å². The lowest BCUT2D eigenvalue weighted by atomic mass is 10.2. The third-order valence-electron chi connectivity index (χ3n) is 2.84. The Bertz CT molecular complexity index is 662. The normalized spacial score (nSPS) is 10.1. The quantitative estimate of drug-likeness (QED) is 0.521. The van der Waals surface area contributed by atoms with E-state index in [1.807, 2.05) is 0 Å². The van der Waals surface area contributed by atoms with E-state index in [2.05, 4.69) is 10.3 Å². The van der Waals surface area contributed by atoms with Crippen molar-refractivity contribution in [3.8, 4) is 0 Å². The highest BCUT2D eigenvalue weighted by Gasteiger charge is 2.16. The lowest BCUT2D eigenvalue weighted by Gasteiger charge is -2.06. The standard InChI is InChI=1S/C14H13N3O3S/c1-21-13-3-2-11(8-12(13)17(19)20)14(18)16-9-10-4-6-15-7-5-10/h2-8H,9H2,1H3,(H,16,18). The molecule has 0 spiro atoms. The van der Waals surface area contributed by atoms with Gasteiger partial charge in [-0.3, -0.25) is 19.9 Å². The largest absolute Gasteiger partial charge is 0.348 e. The van der Waals surface area contributed by atoms with Crippen molar-refractivity contribution in [2.24, 2.45) is 0 Å². The van der Waals surface area contributed by atoms with Gasteiger partial charge in [0, 0.05) is 30.6 Å². The fourth-order valence-corrected chi connectivity index (χ4v) is 2.31. The van der Waals surface area contributed by atoms with Gasteiger partial charge in [0.2, 0.25) is 0 Å². The number of rotatable bonds is 5. The summed E-state index contributed by atoms with van der Waals surface area (Å²) >= 11 is 1.27. The second-order valence-corrected chi connectivity index (χ2v) is 5.03. The van der Waals surface area contributed by atoms with Gasteiger partial charge in [0.1, 0.15) is 0 Å². The van der Waals surface area contributed by atoms with Crippen molar-refractivity contribution in [1.29, 1.82) is 0 Å². The van der Waals surface area contributed by atoms with Crippen LogP contribution >= 0.6 is 11.8 Å². The van der Waals surface area contributed by atoms with Crippen LogP contribution in [0.3, 0.4) is 0 Å². The molecule has 2 aromatic rings. The number of nitrogens with zero attached hydrogens (tertiary/aromatic N) is 2. The Morgan fingerprint density at radius 1 is 1.33 bits per heavy atom. The molecule has 2 rings (SSSR count). The average Bonchev–Trinajstić information content (AvgIpc) is 2.52. The minimum atomic E-state index is -0.481. The van der Waals surface area contributed by atoms with Crippen LogP contribution in [-0.4, -0.2) is 22.1 Å². The molecule has 0 radical (unpaired) electrons. The van der Waals surface area contributed by atoms with Crippen LogP contribution in [0.15, 0.2) is 47.6 Å². The van der Waals surface area contributed by atoms with E-state index in [1.165, 1.54) is 17.8 Å². The molecule has 0 aliphatic carbocycles. The zero-order valence-corrected chi connectivity index (χ0v) is 12.1. The Hall–Kier alpha value is -2.41. The maximum atomic E-state index is 12.0. The number of nitro benzene ring substituents is 1. The molecule has 1 amide bonds. The Labute approximate surface area is 125 Å². The van der Waals surface area contributed by atoms with Crippen molar-refractivity contribution >= 4 is 23.4 Å². The molecule has 0 bridgehead atoms. The number of nitrogens with one attached hydrogen (secondary N) is 1. The summed E-state index contributed by atoms with van der Waals surface area (Å²) in [6.07, 6.45) is 5.03. The Kier molecular flexibility index (Phi) is 4.89. The summed E-state index contributed by atoms with van der Waals surface area (Å²) in [4.78, 5) is 27.0. The SMILES string of the molecule is CSc1ccc(C(=O)NCc2ccncc2)cc1[N+](=O)[O-]. The van der Waals surface area contributed by atoms with Crippen LogP contribution in [0.4, 0.5) is 5.69 Å². The Balaban J connectivity index is 2.12. The molecule has 1 N–H and O–H groups in total. The second-order valence-electron chi connectivity index (χ2n) is 4.18. The number of aromatic nitrogens is 1. The van der Waals surface area contributed by atoms with E-state index in [0.717, 1.165) is 5.56 Å². The molecular formula is C14H13N3O3S. The molecule has 1 aromatic carbocycles. The monoisotopic (exact) mass is 303 g/mol. The van der Waals surface area contributed by atoms with E-state index < -0.39 is 4.92 Å². The lowest BCUT2D eigenvalue weighted by Crippen LogP contribution is -2.22. The fourth-order valence-electron chi connectivity index (χ4n) is 1.76. The minimum absolute atomic E-state index is 0.0564. The minimum Gasteiger partial charge on any atom is -0.348 e. The molecule has 1 heterocycles. The molecule has 0 aliphatic rings. The molecule has 0 atom stereocenters. The highest BCUT2D eigenvalue weighted by Crippen LogP contribution is 2.28. The van der Waals surface area contributed by atoms with Crippen molar-refractivity contribution in [3.63, 3.8) is 0 Å². The van der Waals surface area contributed by atoms with Gasteiger partial charge in [-0.1, -0.05) is 0 Å². The van der Waals surface area contributed by atoms with Gasteiger partial charge in [0.15, 0.2) is 0 Å². The number of hydrogen-bond donors (Lipinski definition) is 1. The number of nitro groups is 1. The van der Waals surface area contributed by atoms with Gasteiger partial charge < -0.3 is 5.32 Å². The molecule has 6 nitrogen and oxygen atoms in total. The molecule has 0 saturated heterocycles. The zero-order chi connectivity index (χ0) is 15.2. The number of carbonyl (C=O) groups is 1. The van der Waals surface area contributed by atoms with Gasteiger partial charge in [-0.15, -0.1) is 11.8 Å². The van der Waals surface area contributed by atoms with E-state index >= 15 is 0 Å². The highest BCUT2D eigenvalue weighted by atomic mass is 32.2. The summed E-state index contributed by atoms with van der Waals surface area (Å²) in [7, 11) is 0. The summed E-state index contributed by atoms with van der Waals surface area (Å²) in [5, 5.41) is 13.7. The van der Waals surface area contributed by atoms with Crippen LogP contribution in [0.2, 0.25) is 0 Å². The predicted octanol–water partition coefficient (Wildman–Crippen LogP) is 2.64. The molecule has 0 saturated carbocycles. The number of thioether (sulfide) groups is 1. The van der Waals surface area contributed by atoms with Gasteiger partial charge in [-0.2, -0.15) is 0 Å². The first-order chi connectivity index (χ1) is 10.1. The molecule has 108 valence electrons. The number of pyridine rings is 1. The summed E-state index contributed by atoms with van der Waals surface area (Å²) in [6.45, 7) is 0.347. The van der Waals surface area contributed by atoms with Crippen LogP contribution in [0.5, 0.6) is 0 Å². The van der Waals surface area contributed by atoms with Gasteiger partial charge >= 0.3 is 0 Å². The number of hydrogen-bond acceptors (Lipinski definition) is 5. The number of benzene rings is 1. The van der Waals surface area contributed by atoms with Gasteiger partial charge in [-0.05, 0) is 36.1 Å². The molecule has 7 heteroatoms. The predicted molar refractivity (Wildman–Crippen MR) is 80.3 cm³/mol.